The second kappa shape index (κ2) is 10.1. The fourth-order valence-electron chi connectivity index (χ4n) is 1.98. The highest BCUT2D eigenvalue weighted by atomic mass is 35.5. The number of carbonyl (C=O) groups excluding carboxylic acids is 2. The third-order valence-corrected chi connectivity index (χ3v) is 4.95. The van der Waals surface area contributed by atoms with Crippen molar-refractivity contribution in [1.82, 2.24) is 0 Å². The Morgan fingerprint density at radius 2 is 1.93 bits per heavy atom. The third kappa shape index (κ3) is 6.74. The SMILES string of the molecule is O=C(COC(=O)CCSc1ccccc1Cl)Nc1cc(Cl)ccc1[N+](=O)[O-]. The predicted molar refractivity (Wildman–Crippen MR) is 104 cm³/mol. The Balaban J connectivity index is 1.78. The van der Waals surface area contributed by atoms with Gasteiger partial charge in [0, 0.05) is 21.7 Å². The van der Waals surface area contributed by atoms with Gasteiger partial charge in [0.05, 0.1) is 16.4 Å². The molecule has 2 rings (SSSR count). The van der Waals surface area contributed by atoms with Crippen LogP contribution in [0.15, 0.2) is 47.4 Å². The maximum absolute atomic E-state index is 11.9. The largest absolute Gasteiger partial charge is 0.456 e. The highest BCUT2D eigenvalue weighted by Gasteiger charge is 2.17. The van der Waals surface area contributed by atoms with Gasteiger partial charge in [0.25, 0.3) is 11.6 Å². The van der Waals surface area contributed by atoms with Crippen LogP contribution in [0.4, 0.5) is 11.4 Å². The number of hydrogen-bond donors (Lipinski definition) is 1. The first-order valence-corrected chi connectivity index (χ1v) is 9.37. The van der Waals surface area contributed by atoms with Crippen LogP contribution in [0.25, 0.3) is 0 Å². The fraction of sp³-hybridized carbons (Fsp3) is 0.176. The molecule has 0 saturated heterocycles. The van der Waals surface area contributed by atoms with Gasteiger partial charge in [-0.2, -0.15) is 0 Å². The normalized spacial score (nSPS) is 10.3. The van der Waals surface area contributed by atoms with Crippen molar-refractivity contribution in [2.24, 2.45) is 0 Å². The van der Waals surface area contributed by atoms with Crippen molar-refractivity contribution in [1.29, 1.82) is 0 Å². The first-order chi connectivity index (χ1) is 12.9. The summed E-state index contributed by atoms with van der Waals surface area (Å²) in [6, 6.07) is 11.0. The Kier molecular flexibility index (Phi) is 7.90. The summed E-state index contributed by atoms with van der Waals surface area (Å²) in [5.74, 6) is -0.831. The molecule has 2 aromatic rings. The smallest absolute Gasteiger partial charge is 0.307 e. The van der Waals surface area contributed by atoms with Crippen LogP contribution in [0.2, 0.25) is 10.0 Å². The maximum Gasteiger partial charge on any atom is 0.307 e. The molecule has 0 aliphatic carbocycles. The maximum atomic E-state index is 11.9. The molecule has 7 nitrogen and oxygen atoms in total. The first kappa shape index (κ1) is 21.0. The number of esters is 1. The van der Waals surface area contributed by atoms with Gasteiger partial charge >= 0.3 is 5.97 Å². The molecule has 0 fully saturated rings. The molecule has 0 saturated carbocycles. The van der Waals surface area contributed by atoms with Crippen molar-refractivity contribution in [3.05, 3.63) is 62.6 Å². The van der Waals surface area contributed by atoms with E-state index in [2.05, 4.69) is 5.32 Å². The molecule has 0 spiro atoms. The topological polar surface area (TPSA) is 98.5 Å². The van der Waals surface area contributed by atoms with Gasteiger partial charge in [-0.3, -0.25) is 19.7 Å². The average molecular weight is 429 g/mol. The number of thioether (sulfide) groups is 1. The summed E-state index contributed by atoms with van der Waals surface area (Å²) in [7, 11) is 0. The standard InChI is InChI=1S/C17H14Cl2N2O5S/c18-11-5-6-14(21(24)25)13(9-11)20-16(22)10-26-17(23)7-8-27-15-4-2-1-3-12(15)19/h1-6,9H,7-8,10H2,(H,20,22). The van der Waals surface area contributed by atoms with E-state index in [9.17, 15) is 19.7 Å². The van der Waals surface area contributed by atoms with Crippen LogP contribution in [0.5, 0.6) is 0 Å². The molecule has 10 heteroatoms. The second-order valence-electron chi connectivity index (χ2n) is 5.16. The molecular formula is C17H14Cl2N2O5S. The summed E-state index contributed by atoms with van der Waals surface area (Å²) < 4.78 is 4.87. The zero-order chi connectivity index (χ0) is 19.8. The molecule has 1 amide bonds. The van der Waals surface area contributed by atoms with Gasteiger partial charge in [0.2, 0.25) is 0 Å². The lowest BCUT2D eigenvalue weighted by molar-refractivity contribution is -0.383. The molecule has 0 bridgehead atoms. The Morgan fingerprint density at radius 1 is 1.19 bits per heavy atom. The van der Waals surface area contributed by atoms with Crippen LogP contribution in [0.1, 0.15) is 6.42 Å². The van der Waals surface area contributed by atoms with E-state index in [-0.39, 0.29) is 22.8 Å². The number of ether oxygens (including phenoxy) is 1. The molecule has 1 N–H and O–H groups in total. The summed E-state index contributed by atoms with van der Waals surface area (Å²) >= 11 is 13.2. The molecule has 0 aliphatic rings. The van der Waals surface area contributed by atoms with E-state index in [4.69, 9.17) is 27.9 Å². The van der Waals surface area contributed by atoms with Gasteiger partial charge in [-0.25, -0.2) is 0 Å². The summed E-state index contributed by atoms with van der Waals surface area (Å²) in [4.78, 5) is 34.7. The second-order valence-corrected chi connectivity index (χ2v) is 7.14. The minimum atomic E-state index is -0.701. The highest BCUT2D eigenvalue weighted by molar-refractivity contribution is 7.99. The summed E-state index contributed by atoms with van der Waals surface area (Å²) in [6.07, 6.45) is 0.0838. The summed E-state index contributed by atoms with van der Waals surface area (Å²) in [6.45, 7) is -0.556. The molecule has 27 heavy (non-hydrogen) atoms. The Morgan fingerprint density at radius 3 is 2.63 bits per heavy atom. The molecule has 0 aromatic heterocycles. The van der Waals surface area contributed by atoms with Crippen LogP contribution in [0, 0.1) is 10.1 Å². The van der Waals surface area contributed by atoms with Gasteiger partial charge in [-0.15, -0.1) is 11.8 Å². The van der Waals surface area contributed by atoms with E-state index >= 15 is 0 Å². The first-order valence-electron chi connectivity index (χ1n) is 7.63. The molecule has 0 unspecified atom stereocenters. The minimum Gasteiger partial charge on any atom is -0.456 e. The molecule has 0 radical (unpaired) electrons. The van der Waals surface area contributed by atoms with Crippen LogP contribution in [0.3, 0.4) is 0 Å². The number of carbonyl (C=O) groups is 2. The van der Waals surface area contributed by atoms with Gasteiger partial charge in [0.1, 0.15) is 5.69 Å². The Bertz CT molecular complexity index is 863. The molecule has 0 atom stereocenters. The van der Waals surface area contributed by atoms with E-state index in [1.54, 1.807) is 6.07 Å². The Hall–Kier alpha value is -2.29. The molecule has 0 aliphatic heterocycles. The number of hydrogen-bond acceptors (Lipinski definition) is 6. The number of halogens is 2. The number of nitrogens with one attached hydrogen (secondary N) is 1. The lowest BCUT2D eigenvalue weighted by atomic mass is 10.2. The van der Waals surface area contributed by atoms with Crippen LogP contribution < -0.4 is 5.32 Å². The number of benzene rings is 2. The third-order valence-electron chi connectivity index (χ3n) is 3.19. The number of nitrogens with zero attached hydrogens (tertiary/aromatic N) is 1. The fourth-order valence-corrected chi connectivity index (χ4v) is 3.32. The van der Waals surface area contributed by atoms with Crippen molar-refractivity contribution in [3.63, 3.8) is 0 Å². The molecule has 2 aromatic carbocycles. The molecule has 0 heterocycles. The van der Waals surface area contributed by atoms with Gasteiger partial charge in [-0.05, 0) is 24.3 Å². The minimum absolute atomic E-state index is 0.0668. The zero-order valence-corrected chi connectivity index (χ0v) is 16.1. The number of rotatable bonds is 8. The number of nitro groups is 1. The monoisotopic (exact) mass is 428 g/mol. The lowest BCUT2D eigenvalue weighted by Gasteiger charge is -2.08. The number of amides is 1. The zero-order valence-electron chi connectivity index (χ0n) is 13.8. The van der Waals surface area contributed by atoms with Crippen molar-refractivity contribution in [2.75, 3.05) is 17.7 Å². The van der Waals surface area contributed by atoms with E-state index < -0.39 is 23.4 Å². The lowest BCUT2D eigenvalue weighted by Crippen LogP contribution is -2.21. The van der Waals surface area contributed by atoms with Crippen LogP contribution in [-0.4, -0.2) is 29.2 Å². The van der Waals surface area contributed by atoms with Gasteiger partial charge < -0.3 is 10.1 Å². The highest BCUT2D eigenvalue weighted by Crippen LogP contribution is 2.28. The van der Waals surface area contributed by atoms with Crippen molar-refractivity contribution >= 4 is 58.2 Å². The van der Waals surface area contributed by atoms with Gasteiger partial charge in [-0.1, -0.05) is 35.3 Å². The van der Waals surface area contributed by atoms with E-state index in [1.165, 1.54) is 30.0 Å². The van der Waals surface area contributed by atoms with Crippen LogP contribution >= 0.6 is 35.0 Å². The predicted octanol–water partition coefficient (Wildman–Crippen LogP) is 4.57. The number of nitro benzene ring substituents is 1. The van der Waals surface area contributed by atoms with E-state index in [0.29, 0.717) is 10.8 Å². The van der Waals surface area contributed by atoms with Crippen LogP contribution in [-0.2, 0) is 14.3 Å². The molecular weight excluding hydrogens is 415 g/mol. The number of anilines is 1. The van der Waals surface area contributed by atoms with Crippen molar-refractivity contribution in [3.8, 4) is 0 Å². The quantitative estimate of drug-likeness (QED) is 0.286. The van der Waals surface area contributed by atoms with Crippen molar-refractivity contribution < 1.29 is 19.2 Å². The van der Waals surface area contributed by atoms with Crippen molar-refractivity contribution in [2.45, 2.75) is 11.3 Å². The van der Waals surface area contributed by atoms with Gasteiger partial charge in [0.15, 0.2) is 6.61 Å². The van der Waals surface area contributed by atoms with E-state index in [1.807, 2.05) is 18.2 Å². The average Bonchev–Trinajstić information content (AvgIpc) is 2.61. The molecule has 142 valence electrons. The summed E-state index contributed by atoms with van der Waals surface area (Å²) in [5, 5.41) is 14.1. The van der Waals surface area contributed by atoms with E-state index in [0.717, 1.165) is 4.90 Å². The summed E-state index contributed by atoms with van der Waals surface area (Å²) in [5.41, 5.74) is -0.377. The Labute approximate surface area is 169 Å².